The smallest absolute Gasteiger partial charge is 0.226 e. The second-order valence-corrected chi connectivity index (χ2v) is 4.64. The second kappa shape index (κ2) is 3.35. The number of aryl methyl sites for hydroxylation is 1. The normalized spacial score (nSPS) is 15.4. The molecule has 1 aromatic carbocycles. The van der Waals surface area contributed by atoms with Gasteiger partial charge in [-0.3, -0.25) is 0 Å². The van der Waals surface area contributed by atoms with E-state index in [1.54, 1.807) is 11.3 Å². The van der Waals surface area contributed by atoms with Gasteiger partial charge in [0.1, 0.15) is 6.61 Å². The molecule has 0 N–H and O–H groups in total. The molecule has 0 aliphatic carbocycles. The Balaban J connectivity index is 2.23. The summed E-state index contributed by atoms with van der Waals surface area (Å²) in [4.78, 5) is 5.56. The lowest BCUT2D eigenvalue weighted by Gasteiger charge is -1.98. The van der Waals surface area contributed by atoms with Crippen LogP contribution in [0, 0.1) is 6.92 Å². The monoisotopic (exact) mass is 217 g/mol. The van der Waals surface area contributed by atoms with E-state index in [4.69, 9.17) is 4.74 Å². The summed E-state index contributed by atoms with van der Waals surface area (Å²) in [7, 11) is 0. The molecule has 0 radical (unpaired) electrons. The van der Waals surface area contributed by atoms with Gasteiger partial charge in [-0.25, -0.2) is 4.99 Å². The molecule has 1 aliphatic rings. The SMILES string of the molecule is Cc1c(C2=NCCO2)sc2ccccc12. The largest absolute Gasteiger partial charge is 0.475 e. The van der Waals surface area contributed by atoms with Crippen LogP contribution in [-0.4, -0.2) is 19.0 Å². The van der Waals surface area contributed by atoms with Gasteiger partial charge in [0, 0.05) is 4.70 Å². The molecular weight excluding hydrogens is 206 g/mol. The number of thiophene rings is 1. The van der Waals surface area contributed by atoms with Gasteiger partial charge in [-0.1, -0.05) is 18.2 Å². The maximum Gasteiger partial charge on any atom is 0.226 e. The standard InChI is InChI=1S/C12H11NOS/c1-8-9-4-2-3-5-10(9)15-11(8)12-13-6-7-14-12/h2-5H,6-7H2,1H3. The molecule has 0 saturated carbocycles. The maximum absolute atomic E-state index is 5.51. The molecule has 0 spiro atoms. The first kappa shape index (κ1) is 8.92. The van der Waals surface area contributed by atoms with E-state index >= 15 is 0 Å². The Morgan fingerprint density at radius 3 is 2.93 bits per heavy atom. The Hall–Kier alpha value is -1.35. The fourth-order valence-electron chi connectivity index (χ4n) is 1.85. The fourth-order valence-corrected chi connectivity index (χ4v) is 3.02. The number of aliphatic imine (C=N–C) groups is 1. The summed E-state index contributed by atoms with van der Waals surface area (Å²) < 4.78 is 6.82. The minimum atomic E-state index is 0.725. The van der Waals surface area contributed by atoms with Crippen LogP contribution < -0.4 is 0 Å². The van der Waals surface area contributed by atoms with E-state index in [9.17, 15) is 0 Å². The predicted molar refractivity (Wildman–Crippen MR) is 63.9 cm³/mol. The van der Waals surface area contributed by atoms with Crippen molar-refractivity contribution in [2.75, 3.05) is 13.2 Å². The van der Waals surface area contributed by atoms with E-state index in [1.807, 2.05) is 0 Å². The molecule has 0 saturated heterocycles. The highest BCUT2D eigenvalue weighted by molar-refractivity contribution is 7.21. The van der Waals surface area contributed by atoms with Crippen molar-refractivity contribution in [1.29, 1.82) is 0 Å². The average molecular weight is 217 g/mol. The Labute approximate surface area is 92.2 Å². The highest BCUT2D eigenvalue weighted by Crippen LogP contribution is 2.31. The second-order valence-electron chi connectivity index (χ2n) is 3.59. The first-order valence-electron chi connectivity index (χ1n) is 5.02. The van der Waals surface area contributed by atoms with Gasteiger partial charge in [-0.2, -0.15) is 0 Å². The number of ether oxygens (including phenoxy) is 1. The fraction of sp³-hybridized carbons (Fsp3) is 0.250. The molecule has 2 heterocycles. The zero-order valence-corrected chi connectivity index (χ0v) is 9.30. The molecule has 2 nitrogen and oxygen atoms in total. The highest BCUT2D eigenvalue weighted by Gasteiger charge is 2.17. The Kier molecular flexibility index (Phi) is 1.99. The van der Waals surface area contributed by atoms with E-state index in [0.29, 0.717) is 0 Å². The summed E-state index contributed by atoms with van der Waals surface area (Å²) in [5.74, 6) is 0.828. The molecular formula is C12H11NOS. The van der Waals surface area contributed by atoms with Crippen molar-refractivity contribution in [3.05, 3.63) is 34.7 Å². The average Bonchev–Trinajstić information content (AvgIpc) is 2.87. The highest BCUT2D eigenvalue weighted by atomic mass is 32.1. The van der Waals surface area contributed by atoms with Crippen molar-refractivity contribution in [1.82, 2.24) is 0 Å². The molecule has 0 bridgehead atoms. The maximum atomic E-state index is 5.51. The van der Waals surface area contributed by atoms with E-state index < -0.39 is 0 Å². The minimum Gasteiger partial charge on any atom is -0.475 e. The molecule has 1 aliphatic heterocycles. The number of nitrogens with zero attached hydrogens (tertiary/aromatic N) is 1. The van der Waals surface area contributed by atoms with Crippen molar-refractivity contribution in [3.63, 3.8) is 0 Å². The third-order valence-corrected chi connectivity index (χ3v) is 3.88. The van der Waals surface area contributed by atoms with E-state index in [0.717, 1.165) is 19.0 Å². The van der Waals surface area contributed by atoms with Crippen molar-refractivity contribution in [2.45, 2.75) is 6.92 Å². The van der Waals surface area contributed by atoms with Gasteiger partial charge in [-0.15, -0.1) is 11.3 Å². The summed E-state index contributed by atoms with van der Waals surface area (Å²) in [6, 6.07) is 8.44. The lowest BCUT2D eigenvalue weighted by Crippen LogP contribution is -1.99. The van der Waals surface area contributed by atoms with Crippen LogP contribution in [0.2, 0.25) is 0 Å². The van der Waals surface area contributed by atoms with Crippen molar-refractivity contribution in [3.8, 4) is 0 Å². The van der Waals surface area contributed by atoms with Gasteiger partial charge in [0.15, 0.2) is 0 Å². The zero-order chi connectivity index (χ0) is 10.3. The van der Waals surface area contributed by atoms with Crippen LogP contribution in [0.15, 0.2) is 29.3 Å². The summed E-state index contributed by atoms with van der Waals surface area (Å²) in [6.07, 6.45) is 0. The molecule has 2 aromatic rings. The number of benzene rings is 1. The Morgan fingerprint density at radius 1 is 1.33 bits per heavy atom. The molecule has 3 rings (SSSR count). The molecule has 0 fully saturated rings. The van der Waals surface area contributed by atoms with Crippen LogP contribution in [0.25, 0.3) is 10.1 Å². The summed E-state index contributed by atoms with van der Waals surface area (Å²) in [5.41, 5.74) is 1.29. The van der Waals surface area contributed by atoms with Crippen LogP contribution in [0.4, 0.5) is 0 Å². The zero-order valence-electron chi connectivity index (χ0n) is 8.49. The Bertz CT molecular complexity index is 542. The van der Waals surface area contributed by atoms with Gasteiger partial charge < -0.3 is 4.74 Å². The van der Waals surface area contributed by atoms with E-state index in [1.165, 1.54) is 20.5 Å². The molecule has 0 unspecified atom stereocenters. The summed E-state index contributed by atoms with van der Waals surface area (Å²) in [5, 5.41) is 1.32. The number of hydrogen-bond acceptors (Lipinski definition) is 3. The first-order valence-corrected chi connectivity index (χ1v) is 5.83. The van der Waals surface area contributed by atoms with Crippen molar-refractivity contribution in [2.24, 2.45) is 4.99 Å². The first-order chi connectivity index (χ1) is 7.36. The van der Waals surface area contributed by atoms with E-state index in [2.05, 4.69) is 36.2 Å². The molecule has 76 valence electrons. The van der Waals surface area contributed by atoms with Crippen LogP contribution in [-0.2, 0) is 4.74 Å². The van der Waals surface area contributed by atoms with Gasteiger partial charge in [0.25, 0.3) is 0 Å². The van der Waals surface area contributed by atoms with Gasteiger partial charge >= 0.3 is 0 Å². The topological polar surface area (TPSA) is 21.6 Å². The van der Waals surface area contributed by atoms with Crippen LogP contribution in [0.1, 0.15) is 10.4 Å². The lowest BCUT2D eigenvalue weighted by molar-refractivity contribution is 0.349. The molecule has 0 amide bonds. The van der Waals surface area contributed by atoms with Crippen LogP contribution in [0.5, 0.6) is 0 Å². The summed E-state index contributed by atoms with van der Waals surface area (Å²) >= 11 is 1.77. The molecule has 15 heavy (non-hydrogen) atoms. The van der Waals surface area contributed by atoms with Crippen LogP contribution in [0.3, 0.4) is 0 Å². The quantitative estimate of drug-likeness (QED) is 0.719. The molecule has 0 atom stereocenters. The number of hydrogen-bond donors (Lipinski definition) is 0. The number of rotatable bonds is 1. The third kappa shape index (κ3) is 1.35. The minimum absolute atomic E-state index is 0.725. The summed E-state index contributed by atoms with van der Waals surface area (Å²) in [6.45, 7) is 3.66. The van der Waals surface area contributed by atoms with Crippen LogP contribution >= 0.6 is 11.3 Å². The Morgan fingerprint density at radius 2 is 2.20 bits per heavy atom. The predicted octanol–water partition coefficient (Wildman–Crippen LogP) is 2.99. The van der Waals surface area contributed by atoms with E-state index in [-0.39, 0.29) is 0 Å². The molecule has 3 heteroatoms. The van der Waals surface area contributed by atoms with Gasteiger partial charge in [0.2, 0.25) is 5.90 Å². The van der Waals surface area contributed by atoms with Gasteiger partial charge in [0.05, 0.1) is 11.4 Å². The molecule has 1 aromatic heterocycles. The third-order valence-electron chi connectivity index (χ3n) is 2.62. The van der Waals surface area contributed by atoms with Crippen molar-refractivity contribution < 1.29 is 4.74 Å². The number of fused-ring (bicyclic) bond motifs is 1. The van der Waals surface area contributed by atoms with Gasteiger partial charge in [-0.05, 0) is 23.9 Å². The lowest BCUT2D eigenvalue weighted by atomic mass is 10.1. The van der Waals surface area contributed by atoms with Crippen molar-refractivity contribution >= 4 is 27.3 Å².